The normalized spacial score (nSPS) is 15.8. The molecule has 0 fully saturated rings. The summed E-state index contributed by atoms with van der Waals surface area (Å²) in [7, 11) is 0. The molecule has 0 amide bonds. The Kier molecular flexibility index (Phi) is 1.47. The predicted molar refractivity (Wildman–Crippen MR) is 45.8 cm³/mol. The molecule has 0 saturated heterocycles. The van der Waals surface area contributed by atoms with E-state index >= 15 is 0 Å². The molecule has 0 atom stereocenters. The van der Waals surface area contributed by atoms with Gasteiger partial charge in [-0.15, -0.1) is 5.10 Å². The molecule has 0 unspecified atom stereocenters. The number of hydrogen-bond acceptors (Lipinski definition) is 4. The Balaban J connectivity index is 2.48. The van der Waals surface area contributed by atoms with Gasteiger partial charge in [0.25, 0.3) is 0 Å². The van der Waals surface area contributed by atoms with E-state index in [2.05, 4.69) is 10.1 Å². The van der Waals surface area contributed by atoms with Crippen LogP contribution in [0.2, 0.25) is 0 Å². The lowest BCUT2D eigenvalue weighted by molar-refractivity contribution is 0.504. The molecule has 0 spiro atoms. The first-order valence-corrected chi connectivity index (χ1v) is 3.83. The summed E-state index contributed by atoms with van der Waals surface area (Å²) in [6.45, 7) is 2.43. The number of hydrogen-bond donors (Lipinski definition) is 1. The fraction of sp³-hybridized carbons (Fsp3) is 0.333. The van der Waals surface area contributed by atoms with Crippen molar-refractivity contribution in [3.8, 4) is 0 Å². The summed E-state index contributed by atoms with van der Waals surface area (Å²) in [5, 5.41) is 3.96. The van der Waals surface area contributed by atoms with Gasteiger partial charge in [0.1, 0.15) is 0 Å². The molecule has 1 aromatic heterocycles. The van der Waals surface area contributed by atoms with Gasteiger partial charge < -0.3 is 5.73 Å². The van der Waals surface area contributed by atoms with Gasteiger partial charge in [-0.25, -0.2) is 4.68 Å². The maximum absolute atomic E-state index is 5.85. The minimum Gasteiger partial charge on any atom is -0.366 e. The van der Waals surface area contributed by atoms with Crippen LogP contribution in [-0.2, 0) is 6.54 Å². The predicted octanol–water partition coefficient (Wildman–Crippen LogP) is 0.648. The molecule has 1 aromatic rings. The third-order valence-electron chi connectivity index (χ3n) is 1.69. The Labute approximate surface area is 74.5 Å². The van der Waals surface area contributed by atoms with Gasteiger partial charge in [-0.1, -0.05) is 0 Å². The van der Waals surface area contributed by atoms with Crippen molar-refractivity contribution in [2.24, 2.45) is 0 Å². The molecule has 0 aromatic carbocycles. The Hall–Kier alpha value is -1.23. The smallest absolute Gasteiger partial charge is 0.240 e. The average molecular weight is 186 g/mol. The van der Waals surface area contributed by atoms with Gasteiger partial charge in [0.2, 0.25) is 5.95 Å². The molecule has 0 bridgehead atoms. The number of halogens is 1. The molecular weight excluding hydrogens is 178 g/mol. The van der Waals surface area contributed by atoms with E-state index in [0.29, 0.717) is 6.54 Å². The topological polar surface area (TPSA) is 60.0 Å². The molecule has 64 valence electrons. The first kappa shape index (κ1) is 7.42. The molecule has 12 heavy (non-hydrogen) atoms. The first-order valence-electron chi connectivity index (χ1n) is 3.49. The van der Waals surface area contributed by atoms with Crippen molar-refractivity contribution < 1.29 is 0 Å². The minimum atomic E-state index is 0.279. The largest absolute Gasteiger partial charge is 0.366 e. The average Bonchev–Trinajstić information content (AvgIpc) is 2.30. The van der Waals surface area contributed by atoms with Gasteiger partial charge in [0.15, 0.2) is 5.82 Å². The Bertz CT molecular complexity index is 342. The number of nitrogens with zero attached hydrogens (tertiary/aromatic N) is 4. The van der Waals surface area contributed by atoms with Crippen LogP contribution < -0.4 is 5.73 Å². The highest BCUT2D eigenvalue weighted by Gasteiger charge is 2.16. The van der Waals surface area contributed by atoms with Gasteiger partial charge in [-0.2, -0.15) is 4.98 Å². The van der Waals surface area contributed by atoms with Crippen molar-refractivity contribution in [3.63, 3.8) is 0 Å². The van der Waals surface area contributed by atoms with E-state index in [0.717, 1.165) is 11.5 Å². The van der Waals surface area contributed by atoms with Gasteiger partial charge >= 0.3 is 0 Å². The van der Waals surface area contributed by atoms with Crippen LogP contribution in [0.15, 0.2) is 5.70 Å². The Morgan fingerprint density at radius 1 is 1.67 bits per heavy atom. The first-order chi connectivity index (χ1) is 5.66. The molecule has 0 aliphatic carbocycles. The van der Waals surface area contributed by atoms with Crippen molar-refractivity contribution >= 4 is 23.9 Å². The summed E-state index contributed by atoms with van der Waals surface area (Å²) in [5.41, 5.74) is 6.34. The summed E-state index contributed by atoms with van der Waals surface area (Å²) < 4.78 is 3.22. The second kappa shape index (κ2) is 2.38. The summed E-state index contributed by atoms with van der Waals surface area (Å²) >= 11 is 5.85. The summed E-state index contributed by atoms with van der Waals surface area (Å²) in [5.74, 6) is 1.04. The highest BCUT2D eigenvalue weighted by Crippen LogP contribution is 2.19. The Morgan fingerprint density at radius 2 is 2.42 bits per heavy atom. The maximum atomic E-state index is 5.85. The molecule has 2 N–H and O–H groups in total. The van der Waals surface area contributed by atoms with Crippen LogP contribution in [0.3, 0.4) is 0 Å². The number of allylic oxidation sites excluding steroid dienone is 1. The van der Waals surface area contributed by atoms with E-state index in [-0.39, 0.29) is 5.95 Å². The van der Waals surface area contributed by atoms with Crippen molar-refractivity contribution in [1.82, 2.24) is 19.2 Å². The molecule has 1 aliphatic heterocycles. The van der Waals surface area contributed by atoms with Crippen LogP contribution in [-0.4, -0.2) is 19.2 Å². The maximum Gasteiger partial charge on any atom is 0.240 e. The third kappa shape index (κ3) is 1.02. The number of rotatable bonds is 0. The van der Waals surface area contributed by atoms with E-state index < -0.39 is 0 Å². The van der Waals surface area contributed by atoms with Crippen LogP contribution >= 0.6 is 11.8 Å². The molecule has 0 saturated carbocycles. The van der Waals surface area contributed by atoms with Crippen molar-refractivity contribution in [2.75, 3.05) is 5.73 Å². The molecule has 0 radical (unpaired) electrons. The van der Waals surface area contributed by atoms with Gasteiger partial charge in [-0.05, 0) is 6.92 Å². The minimum absolute atomic E-state index is 0.279. The second-order valence-corrected chi connectivity index (χ2v) is 3.03. The zero-order chi connectivity index (χ0) is 8.72. The third-order valence-corrected chi connectivity index (χ3v) is 2.08. The van der Waals surface area contributed by atoms with Crippen molar-refractivity contribution in [3.05, 3.63) is 11.5 Å². The number of nitrogen functional groups attached to an aromatic ring is 1. The van der Waals surface area contributed by atoms with Crippen LogP contribution in [0.4, 0.5) is 5.95 Å². The SMILES string of the molecule is CC1=Cn2nc(N)nc2CN1Cl. The molecule has 2 heterocycles. The number of aromatic nitrogens is 3. The molecule has 1 aliphatic rings. The molecule has 6 heteroatoms. The van der Waals surface area contributed by atoms with Crippen LogP contribution in [0, 0.1) is 0 Å². The fourth-order valence-corrected chi connectivity index (χ4v) is 1.22. The quantitative estimate of drug-likeness (QED) is 0.603. The van der Waals surface area contributed by atoms with Crippen molar-refractivity contribution in [2.45, 2.75) is 13.5 Å². The fourth-order valence-electron chi connectivity index (χ4n) is 1.07. The van der Waals surface area contributed by atoms with Gasteiger partial charge in [0.05, 0.1) is 12.7 Å². The lowest BCUT2D eigenvalue weighted by Crippen LogP contribution is -2.18. The lowest BCUT2D eigenvalue weighted by Gasteiger charge is -2.19. The molecule has 2 rings (SSSR count). The molecular formula is C6H8ClN5. The number of fused-ring (bicyclic) bond motifs is 1. The van der Waals surface area contributed by atoms with E-state index in [1.54, 1.807) is 15.3 Å². The zero-order valence-electron chi connectivity index (χ0n) is 6.53. The lowest BCUT2D eigenvalue weighted by atomic mass is 10.4. The van der Waals surface area contributed by atoms with E-state index in [1.165, 1.54) is 0 Å². The van der Waals surface area contributed by atoms with Gasteiger partial charge in [-0.3, -0.25) is 4.42 Å². The highest BCUT2D eigenvalue weighted by molar-refractivity contribution is 6.14. The van der Waals surface area contributed by atoms with E-state index in [9.17, 15) is 0 Å². The standard InChI is InChI=1S/C6H8ClN5/c1-4-2-12-5(3-11(4)7)9-6(8)10-12/h2H,3H2,1H3,(H2,8,10). The summed E-state index contributed by atoms with van der Waals surface area (Å²) in [6, 6.07) is 0. The van der Waals surface area contributed by atoms with Crippen LogP contribution in [0.25, 0.3) is 6.20 Å². The monoisotopic (exact) mass is 185 g/mol. The van der Waals surface area contributed by atoms with E-state index in [1.807, 2.05) is 6.92 Å². The highest BCUT2D eigenvalue weighted by atomic mass is 35.5. The van der Waals surface area contributed by atoms with Crippen molar-refractivity contribution in [1.29, 1.82) is 0 Å². The van der Waals surface area contributed by atoms with Gasteiger partial charge in [0, 0.05) is 17.5 Å². The van der Waals surface area contributed by atoms with Crippen LogP contribution in [0.1, 0.15) is 12.7 Å². The van der Waals surface area contributed by atoms with E-state index in [4.69, 9.17) is 17.5 Å². The van der Waals surface area contributed by atoms with Crippen LogP contribution in [0.5, 0.6) is 0 Å². The Morgan fingerprint density at radius 3 is 3.17 bits per heavy atom. The zero-order valence-corrected chi connectivity index (χ0v) is 7.28. The summed E-state index contributed by atoms with van der Waals surface area (Å²) in [6.07, 6.45) is 1.79. The molecule has 5 nitrogen and oxygen atoms in total. The number of anilines is 1. The summed E-state index contributed by atoms with van der Waals surface area (Å²) in [4.78, 5) is 4.00. The number of nitrogens with two attached hydrogens (primary N) is 1. The second-order valence-electron chi connectivity index (χ2n) is 2.62.